The van der Waals surface area contributed by atoms with E-state index in [0.29, 0.717) is 19.6 Å². The molecule has 2 nitrogen and oxygen atoms in total. The van der Waals surface area contributed by atoms with E-state index in [1.54, 1.807) is 0 Å². The lowest BCUT2D eigenvalue weighted by Gasteiger charge is -2.27. The Hall–Kier alpha value is -1.00. The van der Waals surface area contributed by atoms with Crippen LogP contribution in [0.2, 0.25) is 0 Å². The molecule has 102 valence electrons. The summed E-state index contributed by atoms with van der Waals surface area (Å²) >= 11 is 0. The van der Waals surface area contributed by atoms with Crippen LogP contribution in [0.3, 0.4) is 0 Å². The normalized spacial score (nSPS) is 14.5. The fourth-order valence-electron chi connectivity index (χ4n) is 2.11. The third kappa shape index (κ3) is 3.50. The fraction of sp³-hybridized carbons (Fsp3) is 0.571. The van der Waals surface area contributed by atoms with Crippen LogP contribution >= 0.6 is 0 Å². The van der Waals surface area contributed by atoms with E-state index in [1.807, 2.05) is 20.8 Å². The summed E-state index contributed by atoms with van der Waals surface area (Å²) in [6, 6.07) is 3.47. The molecule has 18 heavy (non-hydrogen) atoms. The quantitative estimate of drug-likeness (QED) is 0.808. The van der Waals surface area contributed by atoms with Gasteiger partial charge < -0.3 is 10.1 Å². The fourth-order valence-corrected chi connectivity index (χ4v) is 2.11. The first-order valence-electron chi connectivity index (χ1n) is 6.44. The second-order valence-electron chi connectivity index (χ2n) is 4.07. The summed E-state index contributed by atoms with van der Waals surface area (Å²) in [7, 11) is 0. The molecule has 2 atom stereocenters. The van der Waals surface area contributed by atoms with Gasteiger partial charge in [0.1, 0.15) is 11.6 Å². The van der Waals surface area contributed by atoms with E-state index in [0.717, 1.165) is 0 Å². The van der Waals surface area contributed by atoms with Gasteiger partial charge in [-0.25, -0.2) is 8.78 Å². The molecule has 1 rings (SSSR count). The standard InChI is InChI=1S/C14H21F2NO/c1-4-12(18-6-3)14(17-5-2)13-10(15)8-7-9-11(13)16/h7-9,12,14,17H,4-6H2,1-3H3. The van der Waals surface area contributed by atoms with Gasteiger partial charge in [-0.3, -0.25) is 0 Å². The van der Waals surface area contributed by atoms with Crippen molar-refractivity contribution in [1.29, 1.82) is 0 Å². The van der Waals surface area contributed by atoms with E-state index >= 15 is 0 Å². The van der Waals surface area contributed by atoms with Crippen LogP contribution in [0.15, 0.2) is 18.2 Å². The van der Waals surface area contributed by atoms with Crippen molar-refractivity contribution in [3.05, 3.63) is 35.4 Å². The maximum Gasteiger partial charge on any atom is 0.131 e. The number of likely N-dealkylation sites (N-methyl/N-ethyl adjacent to an activating group) is 1. The third-order valence-corrected chi connectivity index (χ3v) is 2.89. The predicted octanol–water partition coefficient (Wildman–Crippen LogP) is 3.43. The largest absolute Gasteiger partial charge is 0.377 e. The summed E-state index contributed by atoms with van der Waals surface area (Å²) in [5.74, 6) is -1.06. The van der Waals surface area contributed by atoms with Crippen LogP contribution in [-0.2, 0) is 4.74 Å². The van der Waals surface area contributed by atoms with Crippen molar-refractivity contribution >= 4 is 0 Å². The molecule has 0 spiro atoms. The molecule has 0 aliphatic rings. The Morgan fingerprint density at radius 3 is 2.22 bits per heavy atom. The van der Waals surface area contributed by atoms with Gasteiger partial charge >= 0.3 is 0 Å². The first kappa shape index (κ1) is 15.1. The van der Waals surface area contributed by atoms with Crippen LogP contribution in [-0.4, -0.2) is 19.3 Å². The minimum absolute atomic E-state index is 0.0691. The molecule has 0 aromatic heterocycles. The average molecular weight is 257 g/mol. The first-order valence-corrected chi connectivity index (χ1v) is 6.44. The summed E-state index contributed by atoms with van der Waals surface area (Å²) in [4.78, 5) is 0. The van der Waals surface area contributed by atoms with E-state index in [1.165, 1.54) is 18.2 Å². The molecule has 0 saturated heterocycles. The van der Waals surface area contributed by atoms with Crippen molar-refractivity contribution in [3.8, 4) is 0 Å². The van der Waals surface area contributed by atoms with Crippen LogP contribution < -0.4 is 5.32 Å². The Kier molecular flexibility index (Phi) is 6.22. The molecule has 1 aromatic rings. The molecule has 0 saturated carbocycles. The van der Waals surface area contributed by atoms with Gasteiger partial charge in [-0.15, -0.1) is 0 Å². The van der Waals surface area contributed by atoms with Crippen LogP contribution in [0.4, 0.5) is 8.78 Å². The first-order chi connectivity index (χ1) is 8.65. The number of benzene rings is 1. The van der Waals surface area contributed by atoms with Crippen LogP contribution in [0, 0.1) is 11.6 Å². The second-order valence-corrected chi connectivity index (χ2v) is 4.07. The minimum atomic E-state index is -0.529. The second kappa shape index (κ2) is 7.44. The Morgan fingerprint density at radius 2 is 1.78 bits per heavy atom. The molecule has 0 amide bonds. The number of ether oxygens (including phenoxy) is 1. The highest BCUT2D eigenvalue weighted by atomic mass is 19.1. The molecule has 4 heteroatoms. The summed E-state index contributed by atoms with van der Waals surface area (Å²) in [6.45, 7) is 6.88. The molecular formula is C14H21F2NO. The van der Waals surface area contributed by atoms with Crippen molar-refractivity contribution in [2.75, 3.05) is 13.2 Å². The van der Waals surface area contributed by atoms with Crippen LogP contribution in [0.5, 0.6) is 0 Å². The maximum atomic E-state index is 13.8. The van der Waals surface area contributed by atoms with Gasteiger partial charge in [-0.05, 0) is 32.0 Å². The van der Waals surface area contributed by atoms with Crippen LogP contribution in [0.1, 0.15) is 38.8 Å². The van der Waals surface area contributed by atoms with Gasteiger partial charge in [-0.2, -0.15) is 0 Å². The molecule has 0 bridgehead atoms. The van der Waals surface area contributed by atoms with Crippen molar-refractivity contribution in [2.24, 2.45) is 0 Å². The molecular weight excluding hydrogens is 236 g/mol. The van der Waals surface area contributed by atoms with E-state index in [2.05, 4.69) is 5.32 Å². The molecule has 0 heterocycles. The smallest absolute Gasteiger partial charge is 0.131 e. The molecule has 0 aliphatic heterocycles. The van der Waals surface area contributed by atoms with E-state index < -0.39 is 17.7 Å². The van der Waals surface area contributed by atoms with Gasteiger partial charge in [0.2, 0.25) is 0 Å². The van der Waals surface area contributed by atoms with Gasteiger partial charge in [0, 0.05) is 12.2 Å². The number of hydrogen-bond donors (Lipinski definition) is 1. The SMILES string of the molecule is CCNC(c1c(F)cccc1F)C(CC)OCC. The summed E-state index contributed by atoms with van der Waals surface area (Å²) < 4.78 is 33.2. The van der Waals surface area contributed by atoms with Gasteiger partial charge in [0.05, 0.1) is 12.1 Å². The lowest BCUT2D eigenvalue weighted by molar-refractivity contribution is 0.0299. The summed E-state index contributed by atoms with van der Waals surface area (Å²) in [6.07, 6.45) is 0.459. The van der Waals surface area contributed by atoms with Gasteiger partial charge in [-0.1, -0.05) is 19.9 Å². The zero-order valence-corrected chi connectivity index (χ0v) is 11.2. The van der Waals surface area contributed by atoms with Gasteiger partial charge in [0.15, 0.2) is 0 Å². The van der Waals surface area contributed by atoms with Crippen molar-refractivity contribution in [3.63, 3.8) is 0 Å². The third-order valence-electron chi connectivity index (χ3n) is 2.89. The lowest BCUT2D eigenvalue weighted by Crippen LogP contribution is -2.35. The summed E-state index contributed by atoms with van der Waals surface area (Å²) in [5, 5.41) is 3.11. The maximum absolute atomic E-state index is 13.8. The van der Waals surface area contributed by atoms with E-state index in [9.17, 15) is 8.78 Å². The Bertz CT molecular complexity index is 351. The molecule has 0 radical (unpaired) electrons. The zero-order chi connectivity index (χ0) is 13.5. The van der Waals surface area contributed by atoms with Crippen molar-refractivity contribution < 1.29 is 13.5 Å². The Balaban J connectivity index is 3.09. The number of halogens is 2. The molecule has 0 aliphatic carbocycles. The highest BCUT2D eigenvalue weighted by Crippen LogP contribution is 2.26. The minimum Gasteiger partial charge on any atom is -0.377 e. The highest BCUT2D eigenvalue weighted by Gasteiger charge is 2.26. The van der Waals surface area contributed by atoms with Crippen molar-refractivity contribution in [1.82, 2.24) is 5.32 Å². The monoisotopic (exact) mass is 257 g/mol. The van der Waals surface area contributed by atoms with Crippen molar-refractivity contribution in [2.45, 2.75) is 39.3 Å². The average Bonchev–Trinajstić information content (AvgIpc) is 2.35. The molecule has 2 unspecified atom stereocenters. The number of hydrogen-bond acceptors (Lipinski definition) is 2. The van der Waals surface area contributed by atoms with Crippen LogP contribution in [0.25, 0.3) is 0 Å². The Morgan fingerprint density at radius 1 is 1.17 bits per heavy atom. The summed E-state index contributed by atoms with van der Waals surface area (Å²) in [5.41, 5.74) is 0.0691. The zero-order valence-electron chi connectivity index (χ0n) is 11.2. The van der Waals surface area contributed by atoms with Gasteiger partial charge in [0.25, 0.3) is 0 Å². The molecule has 1 aromatic carbocycles. The van der Waals surface area contributed by atoms with E-state index in [-0.39, 0.29) is 11.7 Å². The topological polar surface area (TPSA) is 21.3 Å². The highest BCUT2D eigenvalue weighted by molar-refractivity contribution is 5.24. The predicted molar refractivity (Wildman–Crippen MR) is 68.5 cm³/mol. The Labute approximate surface area is 107 Å². The molecule has 0 fully saturated rings. The lowest BCUT2D eigenvalue weighted by atomic mass is 9.98. The van der Waals surface area contributed by atoms with E-state index in [4.69, 9.17) is 4.74 Å². The molecule has 1 N–H and O–H groups in total. The number of nitrogens with one attached hydrogen (secondary N) is 1. The number of rotatable bonds is 7.